The molecule has 1 amide bonds. The number of hydrogen-bond acceptors (Lipinski definition) is 3. The normalized spacial score (nSPS) is 22.1. The van der Waals surface area contributed by atoms with Crippen molar-refractivity contribution in [3.05, 3.63) is 53.7 Å². The molecule has 3 N–H and O–H groups in total. The third-order valence-corrected chi connectivity index (χ3v) is 7.35. The maximum Gasteiger partial charge on any atom is 0.407 e. The summed E-state index contributed by atoms with van der Waals surface area (Å²) in [5, 5.41) is 7.08. The maximum absolute atomic E-state index is 16.1. The van der Waals surface area contributed by atoms with Gasteiger partial charge in [-0.15, -0.1) is 0 Å². The zero-order valence-electron chi connectivity index (χ0n) is 19.8. The van der Waals surface area contributed by atoms with E-state index < -0.39 is 35.3 Å². The number of H-pyrrole nitrogens is 1. The van der Waals surface area contributed by atoms with Crippen LogP contribution in [-0.4, -0.2) is 28.8 Å². The molecule has 0 unspecified atom stereocenters. The van der Waals surface area contributed by atoms with Crippen LogP contribution in [0.1, 0.15) is 64.4 Å². The highest BCUT2D eigenvalue weighted by Crippen LogP contribution is 2.46. The molecule has 2 aliphatic rings. The van der Waals surface area contributed by atoms with Crippen LogP contribution < -0.4 is 10.6 Å². The number of rotatable bonds is 3. The molecule has 1 fully saturated rings. The molecule has 34 heavy (non-hydrogen) atoms. The van der Waals surface area contributed by atoms with Gasteiger partial charge in [0.05, 0.1) is 16.6 Å². The van der Waals surface area contributed by atoms with Crippen LogP contribution in [0.3, 0.4) is 0 Å². The van der Waals surface area contributed by atoms with Gasteiger partial charge in [0.1, 0.15) is 17.7 Å². The minimum Gasteiger partial charge on any atom is -0.443 e. The molecule has 7 heteroatoms. The van der Waals surface area contributed by atoms with Gasteiger partial charge >= 0.3 is 6.09 Å². The molecular weight excluding hydrogens is 436 g/mol. The number of aromatic nitrogens is 1. The van der Waals surface area contributed by atoms with Crippen molar-refractivity contribution in [2.24, 2.45) is 0 Å². The van der Waals surface area contributed by atoms with Crippen molar-refractivity contribution >= 4 is 22.7 Å². The van der Waals surface area contributed by atoms with Gasteiger partial charge in [0.15, 0.2) is 0 Å². The predicted molar refractivity (Wildman–Crippen MR) is 130 cm³/mol. The summed E-state index contributed by atoms with van der Waals surface area (Å²) in [6.07, 6.45) is 5.90. The first kappa shape index (κ1) is 22.7. The van der Waals surface area contributed by atoms with Crippen molar-refractivity contribution in [1.82, 2.24) is 10.3 Å². The molecule has 2 heterocycles. The van der Waals surface area contributed by atoms with Crippen LogP contribution in [0, 0.1) is 11.6 Å². The van der Waals surface area contributed by atoms with Gasteiger partial charge in [-0.25, -0.2) is 13.6 Å². The average molecular weight is 468 g/mol. The second kappa shape index (κ2) is 8.60. The lowest BCUT2D eigenvalue weighted by atomic mass is 9.77. The Morgan fingerprint density at radius 3 is 2.68 bits per heavy atom. The number of carbonyl (C=O) groups is 1. The lowest BCUT2D eigenvalue weighted by molar-refractivity contribution is 0.0438. The molecular formula is C27H31F2N3O2. The predicted octanol–water partition coefficient (Wildman–Crippen LogP) is 6.85. The minimum absolute atomic E-state index is 0.0782. The van der Waals surface area contributed by atoms with Gasteiger partial charge in [0, 0.05) is 35.0 Å². The molecule has 0 spiro atoms. The van der Waals surface area contributed by atoms with Gasteiger partial charge in [-0.1, -0.05) is 44.4 Å². The Morgan fingerprint density at radius 1 is 1.15 bits per heavy atom. The summed E-state index contributed by atoms with van der Waals surface area (Å²) in [6, 6.07) is 8.73. The van der Waals surface area contributed by atoms with Crippen molar-refractivity contribution in [3.8, 4) is 11.1 Å². The van der Waals surface area contributed by atoms with E-state index in [2.05, 4.69) is 15.6 Å². The van der Waals surface area contributed by atoms with Crippen molar-refractivity contribution < 1.29 is 18.3 Å². The third-order valence-electron chi connectivity index (χ3n) is 7.35. The van der Waals surface area contributed by atoms with Gasteiger partial charge < -0.3 is 20.4 Å². The van der Waals surface area contributed by atoms with Crippen molar-refractivity contribution in [1.29, 1.82) is 0 Å². The Morgan fingerprint density at radius 2 is 1.91 bits per heavy atom. The number of fused-ring (bicyclic) bond motifs is 2. The number of para-hydroxylation sites is 1. The number of ether oxygens (including phenoxy) is 1. The molecule has 2 aromatic carbocycles. The maximum atomic E-state index is 16.1. The van der Waals surface area contributed by atoms with Crippen molar-refractivity contribution in [2.45, 2.75) is 76.5 Å². The lowest BCUT2D eigenvalue weighted by Crippen LogP contribution is -2.53. The van der Waals surface area contributed by atoms with Crippen LogP contribution in [0.15, 0.2) is 36.5 Å². The van der Waals surface area contributed by atoms with Gasteiger partial charge in [0.25, 0.3) is 0 Å². The SMILES string of the molecule is C[C@@H]1c2c(cc(F)c(-c3cccc4cc[nH]c34)c2F)NC(C)(C)[C@H]1OC(=O)NC1CCCCC1. The summed E-state index contributed by atoms with van der Waals surface area (Å²) >= 11 is 0. The van der Waals surface area contributed by atoms with Crippen LogP contribution in [0.25, 0.3) is 22.0 Å². The van der Waals surface area contributed by atoms with Crippen LogP contribution in [0.2, 0.25) is 0 Å². The molecule has 1 saturated carbocycles. The zero-order chi connectivity index (χ0) is 24.0. The van der Waals surface area contributed by atoms with Gasteiger partial charge in [0.2, 0.25) is 0 Å². The molecule has 3 aromatic rings. The second-order valence-corrected chi connectivity index (χ2v) is 10.2. The van der Waals surface area contributed by atoms with E-state index in [1.54, 1.807) is 18.3 Å². The Balaban J connectivity index is 1.50. The molecule has 2 atom stereocenters. The van der Waals surface area contributed by atoms with Crippen LogP contribution in [0.5, 0.6) is 0 Å². The van der Waals surface area contributed by atoms with Crippen LogP contribution >= 0.6 is 0 Å². The summed E-state index contributed by atoms with van der Waals surface area (Å²) in [7, 11) is 0. The van der Waals surface area contributed by atoms with E-state index in [0.29, 0.717) is 22.3 Å². The van der Waals surface area contributed by atoms with E-state index in [1.165, 1.54) is 12.5 Å². The zero-order valence-corrected chi connectivity index (χ0v) is 19.8. The highest BCUT2D eigenvalue weighted by Gasteiger charge is 2.45. The number of amides is 1. The molecule has 5 nitrogen and oxygen atoms in total. The summed E-state index contributed by atoms with van der Waals surface area (Å²) in [6.45, 7) is 5.60. The number of anilines is 1. The summed E-state index contributed by atoms with van der Waals surface area (Å²) in [5.41, 5.74) is 1.07. The third kappa shape index (κ3) is 3.91. The second-order valence-electron chi connectivity index (χ2n) is 10.2. The highest BCUT2D eigenvalue weighted by molar-refractivity contribution is 5.95. The van der Waals surface area contributed by atoms with E-state index in [1.807, 2.05) is 32.9 Å². The van der Waals surface area contributed by atoms with Crippen LogP contribution in [-0.2, 0) is 4.74 Å². The molecule has 180 valence electrons. The largest absolute Gasteiger partial charge is 0.443 e. The first-order chi connectivity index (χ1) is 16.3. The fourth-order valence-corrected chi connectivity index (χ4v) is 5.73. The molecule has 1 aromatic heterocycles. The minimum atomic E-state index is -0.712. The van der Waals surface area contributed by atoms with Gasteiger partial charge in [-0.2, -0.15) is 0 Å². The molecule has 1 aliphatic heterocycles. The molecule has 0 radical (unpaired) electrons. The monoisotopic (exact) mass is 467 g/mol. The Hall–Kier alpha value is -3.09. The fraction of sp³-hybridized carbons (Fsp3) is 0.444. The molecule has 0 saturated heterocycles. The fourth-order valence-electron chi connectivity index (χ4n) is 5.73. The van der Waals surface area contributed by atoms with E-state index in [-0.39, 0.29) is 11.6 Å². The van der Waals surface area contributed by atoms with E-state index in [0.717, 1.165) is 31.1 Å². The van der Waals surface area contributed by atoms with Crippen molar-refractivity contribution in [2.75, 3.05) is 5.32 Å². The standard InChI is InChI=1S/C27H31F2N3O2/c1-15-21-20(32-27(2,3)25(15)34-26(33)31-17-9-5-4-6-10-17)14-19(28)22(23(21)29)18-11-7-8-16-12-13-30-24(16)18/h7-8,11-15,17,25,30,32H,4-6,9-10H2,1-3H3,(H,31,33)/t15-,25+/m1/s1. The first-order valence-electron chi connectivity index (χ1n) is 12.1. The highest BCUT2D eigenvalue weighted by atomic mass is 19.1. The number of carbonyl (C=O) groups excluding carboxylic acids is 1. The number of alkyl carbamates (subject to hydrolysis) is 1. The molecule has 0 bridgehead atoms. The number of aromatic amines is 1. The summed E-state index contributed by atoms with van der Waals surface area (Å²) < 4.78 is 37.3. The number of hydrogen-bond donors (Lipinski definition) is 3. The van der Waals surface area contributed by atoms with E-state index >= 15 is 8.78 Å². The Bertz CT molecular complexity index is 1230. The lowest BCUT2D eigenvalue weighted by Gasteiger charge is -2.44. The molecule has 1 aliphatic carbocycles. The summed E-state index contributed by atoms with van der Waals surface area (Å²) in [5.74, 6) is -1.75. The number of nitrogens with one attached hydrogen (secondary N) is 3. The van der Waals surface area contributed by atoms with Crippen LogP contribution in [0.4, 0.5) is 19.3 Å². The smallest absolute Gasteiger partial charge is 0.407 e. The van der Waals surface area contributed by atoms with Gasteiger partial charge in [-0.05, 0) is 44.2 Å². The first-order valence-corrected chi connectivity index (χ1v) is 12.1. The number of benzene rings is 2. The summed E-state index contributed by atoms with van der Waals surface area (Å²) in [4.78, 5) is 15.8. The Labute approximate surface area is 198 Å². The molecule has 5 rings (SSSR count). The number of halogens is 2. The Kier molecular flexibility index (Phi) is 5.74. The van der Waals surface area contributed by atoms with Gasteiger partial charge in [-0.3, -0.25) is 0 Å². The average Bonchev–Trinajstić information content (AvgIpc) is 3.26. The topological polar surface area (TPSA) is 66.1 Å². The van der Waals surface area contributed by atoms with E-state index in [4.69, 9.17) is 4.74 Å². The quantitative estimate of drug-likeness (QED) is 0.395. The van der Waals surface area contributed by atoms with Crippen molar-refractivity contribution in [3.63, 3.8) is 0 Å². The van der Waals surface area contributed by atoms with E-state index in [9.17, 15) is 4.79 Å².